The van der Waals surface area contributed by atoms with Gasteiger partial charge >= 0.3 is 5.97 Å². The monoisotopic (exact) mass is 332 g/mol. The summed E-state index contributed by atoms with van der Waals surface area (Å²) >= 11 is 0. The van der Waals surface area contributed by atoms with E-state index in [4.69, 9.17) is 0 Å². The highest BCUT2D eigenvalue weighted by Gasteiger charge is 2.02. The summed E-state index contributed by atoms with van der Waals surface area (Å²) < 4.78 is 4.55. The van der Waals surface area contributed by atoms with E-state index in [1.807, 2.05) is 18.2 Å². The Morgan fingerprint density at radius 1 is 0.958 bits per heavy atom. The van der Waals surface area contributed by atoms with E-state index in [0.717, 1.165) is 25.7 Å². The third kappa shape index (κ3) is 16.5. The molecule has 1 atom stereocenters. The van der Waals surface area contributed by atoms with Crippen LogP contribution >= 0.6 is 0 Å². The number of carbonyl (C=O) groups is 1. The maximum absolute atomic E-state index is 10.9. The lowest BCUT2D eigenvalue weighted by molar-refractivity contribution is -0.140. The van der Waals surface area contributed by atoms with Crippen molar-refractivity contribution in [2.45, 2.75) is 58.0 Å². The van der Waals surface area contributed by atoms with Crippen LogP contribution in [0.25, 0.3) is 0 Å². The van der Waals surface area contributed by atoms with Crippen molar-refractivity contribution >= 4 is 5.97 Å². The molecule has 0 heterocycles. The minimum atomic E-state index is -0.512. The van der Waals surface area contributed by atoms with E-state index < -0.39 is 6.10 Å². The molecular weight excluding hydrogens is 300 g/mol. The van der Waals surface area contributed by atoms with Gasteiger partial charge in [-0.1, -0.05) is 67.7 Å². The predicted octanol–water partition coefficient (Wildman–Crippen LogP) is 5.05. The third-order valence-electron chi connectivity index (χ3n) is 3.24. The molecule has 0 saturated heterocycles. The van der Waals surface area contributed by atoms with Crippen molar-refractivity contribution in [2.75, 3.05) is 7.11 Å². The number of carbonyl (C=O) groups excluding carboxylic acids is 1. The zero-order chi connectivity index (χ0) is 17.9. The molecule has 0 aliphatic heterocycles. The number of esters is 1. The number of aliphatic hydroxyl groups is 1. The van der Waals surface area contributed by atoms with Crippen molar-refractivity contribution in [1.29, 1.82) is 0 Å². The van der Waals surface area contributed by atoms with Crippen molar-refractivity contribution in [2.24, 2.45) is 0 Å². The zero-order valence-electron chi connectivity index (χ0n) is 15.1. The largest absolute Gasteiger partial charge is 0.469 e. The van der Waals surface area contributed by atoms with Crippen molar-refractivity contribution in [3.05, 3.63) is 60.8 Å². The van der Waals surface area contributed by atoms with E-state index in [0.29, 0.717) is 19.3 Å². The summed E-state index contributed by atoms with van der Waals surface area (Å²) in [4.78, 5) is 10.9. The van der Waals surface area contributed by atoms with Crippen LogP contribution in [0.4, 0.5) is 0 Å². The van der Waals surface area contributed by atoms with Gasteiger partial charge in [-0.05, 0) is 38.5 Å². The standard InChI is InChI=1S/C21H32O3/c1-3-4-5-6-7-8-9-10-11-12-13-14-15-17-20(22)18-16-19-21(23)24-2/h4-5,7-8,10-11,13-15,17,20,22H,3,6,9,12,16,18-19H2,1-2H3/b5-4+,8-7+,11-10+,14-13+,17-15+. The Morgan fingerprint density at radius 3 is 2.12 bits per heavy atom. The van der Waals surface area contributed by atoms with Gasteiger partial charge in [-0.3, -0.25) is 4.79 Å². The fourth-order valence-corrected chi connectivity index (χ4v) is 1.89. The molecule has 0 fully saturated rings. The Morgan fingerprint density at radius 2 is 1.54 bits per heavy atom. The molecule has 0 aromatic carbocycles. The molecule has 1 unspecified atom stereocenters. The van der Waals surface area contributed by atoms with Crippen LogP contribution in [0.5, 0.6) is 0 Å². The average Bonchev–Trinajstić information content (AvgIpc) is 2.58. The zero-order valence-corrected chi connectivity index (χ0v) is 15.1. The van der Waals surface area contributed by atoms with E-state index >= 15 is 0 Å². The van der Waals surface area contributed by atoms with Crippen LogP contribution in [0, 0.1) is 0 Å². The number of methoxy groups -OCH3 is 1. The van der Waals surface area contributed by atoms with Gasteiger partial charge in [0, 0.05) is 6.42 Å². The third-order valence-corrected chi connectivity index (χ3v) is 3.24. The number of rotatable bonds is 13. The molecule has 0 aliphatic carbocycles. The first-order valence-electron chi connectivity index (χ1n) is 8.73. The molecule has 0 amide bonds. The molecule has 0 spiro atoms. The van der Waals surface area contributed by atoms with Gasteiger partial charge in [-0.2, -0.15) is 0 Å². The molecule has 1 N–H and O–H groups in total. The Labute approximate surface area is 147 Å². The Bertz CT molecular complexity index is 442. The summed E-state index contributed by atoms with van der Waals surface area (Å²) in [6, 6.07) is 0. The molecule has 0 aromatic heterocycles. The van der Waals surface area contributed by atoms with Gasteiger partial charge in [-0.25, -0.2) is 0 Å². The van der Waals surface area contributed by atoms with Gasteiger partial charge in [0.2, 0.25) is 0 Å². The molecule has 0 saturated carbocycles. The highest BCUT2D eigenvalue weighted by Crippen LogP contribution is 2.03. The van der Waals surface area contributed by atoms with Crippen molar-refractivity contribution < 1.29 is 14.6 Å². The van der Waals surface area contributed by atoms with Crippen LogP contribution in [-0.4, -0.2) is 24.3 Å². The van der Waals surface area contributed by atoms with Gasteiger partial charge in [0.15, 0.2) is 0 Å². The fraction of sp³-hybridized carbons (Fsp3) is 0.476. The SMILES string of the molecule is CC/C=C/C/C=C/C/C=C/C/C=C/C=C/C(O)CCCC(=O)OC. The second kappa shape index (κ2) is 17.5. The second-order valence-electron chi connectivity index (χ2n) is 5.38. The first-order chi connectivity index (χ1) is 11.7. The van der Waals surface area contributed by atoms with Crippen LogP contribution in [0.2, 0.25) is 0 Å². The summed E-state index contributed by atoms with van der Waals surface area (Å²) in [7, 11) is 1.37. The molecular formula is C21H32O3. The summed E-state index contributed by atoms with van der Waals surface area (Å²) in [5.74, 6) is -0.231. The van der Waals surface area contributed by atoms with E-state index in [1.54, 1.807) is 6.08 Å². The molecule has 0 aliphatic rings. The predicted molar refractivity (Wildman–Crippen MR) is 102 cm³/mol. The first-order valence-corrected chi connectivity index (χ1v) is 8.73. The van der Waals surface area contributed by atoms with Crippen LogP contribution in [0.1, 0.15) is 51.9 Å². The highest BCUT2D eigenvalue weighted by atomic mass is 16.5. The number of hydrogen-bond donors (Lipinski definition) is 1. The molecule has 0 aromatic rings. The van der Waals surface area contributed by atoms with Crippen LogP contribution in [0.3, 0.4) is 0 Å². The minimum Gasteiger partial charge on any atom is -0.469 e. The first kappa shape index (κ1) is 22.1. The lowest BCUT2D eigenvalue weighted by Gasteiger charge is -2.03. The minimum absolute atomic E-state index is 0.231. The molecule has 0 bridgehead atoms. The molecule has 0 radical (unpaired) electrons. The van der Waals surface area contributed by atoms with Crippen LogP contribution in [0.15, 0.2) is 60.8 Å². The maximum Gasteiger partial charge on any atom is 0.305 e. The highest BCUT2D eigenvalue weighted by molar-refractivity contribution is 5.68. The number of aliphatic hydroxyl groups excluding tert-OH is 1. The maximum atomic E-state index is 10.9. The lowest BCUT2D eigenvalue weighted by Crippen LogP contribution is -2.05. The quantitative estimate of drug-likeness (QED) is 0.291. The van der Waals surface area contributed by atoms with Gasteiger partial charge in [0.25, 0.3) is 0 Å². The number of ether oxygens (including phenoxy) is 1. The van der Waals surface area contributed by atoms with Crippen molar-refractivity contribution in [3.8, 4) is 0 Å². The summed E-state index contributed by atoms with van der Waals surface area (Å²) in [5, 5.41) is 9.71. The Kier molecular flexibility index (Phi) is 16.1. The molecule has 24 heavy (non-hydrogen) atoms. The molecule has 3 heteroatoms. The normalized spacial score (nSPS) is 14.0. The molecule has 134 valence electrons. The lowest BCUT2D eigenvalue weighted by atomic mass is 10.1. The molecule has 3 nitrogen and oxygen atoms in total. The van der Waals surface area contributed by atoms with E-state index in [-0.39, 0.29) is 5.97 Å². The summed E-state index contributed by atoms with van der Waals surface area (Å²) in [5.41, 5.74) is 0. The average molecular weight is 332 g/mol. The van der Waals surface area contributed by atoms with Gasteiger partial charge < -0.3 is 9.84 Å². The van der Waals surface area contributed by atoms with Gasteiger partial charge in [-0.15, -0.1) is 0 Å². The smallest absolute Gasteiger partial charge is 0.305 e. The van der Waals surface area contributed by atoms with Crippen molar-refractivity contribution in [1.82, 2.24) is 0 Å². The summed E-state index contributed by atoms with van der Waals surface area (Å²) in [6.07, 6.45) is 25.5. The Balaban J connectivity index is 3.67. The van der Waals surface area contributed by atoms with Crippen LogP contribution in [-0.2, 0) is 9.53 Å². The fourth-order valence-electron chi connectivity index (χ4n) is 1.89. The van der Waals surface area contributed by atoms with Gasteiger partial charge in [0.05, 0.1) is 13.2 Å². The Hall–Kier alpha value is -1.87. The van der Waals surface area contributed by atoms with Crippen LogP contribution < -0.4 is 0 Å². The molecule has 0 rings (SSSR count). The second-order valence-corrected chi connectivity index (χ2v) is 5.38. The van der Waals surface area contributed by atoms with Crippen molar-refractivity contribution in [3.63, 3.8) is 0 Å². The number of allylic oxidation sites excluding steroid dienone is 9. The van der Waals surface area contributed by atoms with Gasteiger partial charge in [0.1, 0.15) is 0 Å². The number of hydrogen-bond acceptors (Lipinski definition) is 3. The van der Waals surface area contributed by atoms with E-state index in [9.17, 15) is 9.90 Å². The van der Waals surface area contributed by atoms with E-state index in [1.165, 1.54) is 7.11 Å². The summed E-state index contributed by atoms with van der Waals surface area (Å²) in [6.45, 7) is 2.14. The van der Waals surface area contributed by atoms with E-state index in [2.05, 4.69) is 48.1 Å². The topological polar surface area (TPSA) is 46.5 Å².